The van der Waals surface area contributed by atoms with E-state index >= 15 is 0 Å². The smallest absolute Gasteiger partial charge is 0.330 e. The number of aromatic nitrogens is 2. The van der Waals surface area contributed by atoms with Crippen LogP contribution in [0.25, 0.3) is 0 Å². The van der Waals surface area contributed by atoms with Gasteiger partial charge < -0.3 is 20.1 Å². The van der Waals surface area contributed by atoms with Gasteiger partial charge >= 0.3 is 5.97 Å². The van der Waals surface area contributed by atoms with Crippen molar-refractivity contribution in [1.29, 1.82) is 0 Å². The number of hydrogen-bond acceptors (Lipinski definition) is 7. The Bertz CT molecular complexity index is 497. The Kier molecular flexibility index (Phi) is 4.23. The van der Waals surface area contributed by atoms with Gasteiger partial charge in [-0.05, 0) is 6.07 Å². The van der Waals surface area contributed by atoms with E-state index in [2.05, 4.69) is 10.2 Å². The maximum Gasteiger partial charge on any atom is 0.330 e. The molecular weight excluding hydrogens is 268 g/mol. The summed E-state index contributed by atoms with van der Waals surface area (Å²) in [5, 5.41) is 7.86. The normalized spacial score (nSPS) is 19.0. The third kappa shape index (κ3) is 2.79. The van der Waals surface area contributed by atoms with E-state index in [1.54, 1.807) is 11.0 Å². The van der Waals surface area contributed by atoms with Gasteiger partial charge in [0, 0.05) is 6.54 Å². The highest BCUT2D eigenvalue weighted by molar-refractivity contribution is 7.80. The molecule has 0 bridgehead atoms. The standard InChI is InChI=1S/C11H14N4O3S/c1-17-11(16)8-6-18-5-4-15(8)10-7(9(12)19)2-3-13-14-10/h2-3,8H,4-6H2,1H3,(H2,12,19). The summed E-state index contributed by atoms with van der Waals surface area (Å²) in [5.74, 6) is 0.0907. The fraction of sp³-hybridized carbons (Fsp3) is 0.455. The fourth-order valence-electron chi connectivity index (χ4n) is 1.92. The first-order chi connectivity index (χ1) is 9.15. The van der Waals surface area contributed by atoms with Crippen LogP contribution in [0.4, 0.5) is 5.82 Å². The number of anilines is 1. The number of ether oxygens (including phenoxy) is 2. The van der Waals surface area contributed by atoms with Crippen molar-refractivity contribution in [2.45, 2.75) is 6.04 Å². The number of esters is 1. The van der Waals surface area contributed by atoms with Crippen molar-refractivity contribution in [1.82, 2.24) is 10.2 Å². The van der Waals surface area contributed by atoms with Gasteiger partial charge in [0.15, 0.2) is 11.9 Å². The predicted molar refractivity (Wildman–Crippen MR) is 71.9 cm³/mol. The van der Waals surface area contributed by atoms with Crippen molar-refractivity contribution >= 4 is 29.0 Å². The van der Waals surface area contributed by atoms with Crippen molar-refractivity contribution < 1.29 is 14.3 Å². The average Bonchev–Trinajstić information content (AvgIpc) is 2.46. The SMILES string of the molecule is COC(=O)C1COCCN1c1nnccc1C(N)=S. The van der Waals surface area contributed by atoms with E-state index < -0.39 is 6.04 Å². The second-order valence-corrected chi connectivity index (χ2v) is 4.38. The van der Waals surface area contributed by atoms with Crippen LogP contribution in [0.2, 0.25) is 0 Å². The Morgan fingerprint density at radius 2 is 2.47 bits per heavy atom. The van der Waals surface area contributed by atoms with Crippen molar-refractivity contribution in [3.8, 4) is 0 Å². The second kappa shape index (κ2) is 5.89. The summed E-state index contributed by atoms with van der Waals surface area (Å²) in [6.45, 7) is 1.22. The third-order valence-electron chi connectivity index (χ3n) is 2.84. The first-order valence-corrected chi connectivity index (χ1v) is 6.09. The summed E-state index contributed by atoms with van der Waals surface area (Å²) in [7, 11) is 1.33. The molecule has 7 nitrogen and oxygen atoms in total. The Morgan fingerprint density at radius 1 is 1.68 bits per heavy atom. The average molecular weight is 282 g/mol. The molecule has 2 heterocycles. The van der Waals surface area contributed by atoms with Crippen molar-refractivity contribution in [3.63, 3.8) is 0 Å². The van der Waals surface area contributed by atoms with Crippen LogP contribution in [-0.4, -0.2) is 54.1 Å². The maximum atomic E-state index is 11.8. The molecule has 0 aliphatic carbocycles. The Hall–Kier alpha value is -1.80. The summed E-state index contributed by atoms with van der Waals surface area (Å²) >= 11 is 4.99. The zero-order valence-electron chi connectivity index (χ0n) is 10.4. The molecule has 1 aliphatic heterocycles. The van der Waals surface area contributed by atoms with Gasteiger partial charge in [0.2, 0.25) is 0 Å². The van der Waals surface area contributed by atoms with Crippen molar-refractivity contribution in [2.75, 3.05) is 31.8 Å². The van der Waals surface area contributed by atoms with Gasteiger partial charge in [0.25, 0.3) is 0 Å². The first kappa shape index (κ1) is 13.6. The van der Waals surface area contributed by atoms with Gasteiger partial charge in [0.05, 0.1) is 32.1 Å². The van der Waals surface area contributed by atoms with Crippen LogP contribution in [0.1, 0.15) is 5.56 Å². The molecule has 1 aromatic rings. The molecule has 102 valence electrons. The van der Waals surface area contributed by atoms with E-state index in [-0.39, 0.29) is 17.6 Å². The van der Waals surface area contributed by atoms with Crippen LogP contribution >= 0.6 is 12.2 Å². The largest absolute Gasteiger partial charge is 0.467 e. The minimum Gasteiger partial charge on any atom is -0.467 e. The van der Waals surface area contributed by atoms with Gasteiger partial charge in [0.1, 0.15) is 4.99 Å². The minimum atomic E-state index is -0.566. The molecule has 1 aliphatic rings. The van der Waals surface area contributed by atoms with Gasteiger partial charge in [-0.2, -0.15) is 5.10 Å². The Balaban J connectivity index is 2.37. The van der Waals surface area contributed by atoms with Crippen LogP contribution in [0.15, 0.2) is 12.3 Å². The molecule has 1 atom stereocenters. The summed E-state index contributed by atoms with van der Waals surface area (Å²) < 4.78 is 10.1. The molecule has 1 fully saturated rings. The highest BCUT2D eigenvalue weighted by atomic mass is 32.1. The highest BCUT2D eigenvalue weighted by Gasteiger charge is 2.33. The van der Waals surface area contributed by atoms with Crippen molar-refractivity contribution in [2.24, 2.45) is 5.73 Å². The number of carbonyl (C=O) groups is 1. The molecular formula is C11H14N4O3S. The van der Waals surface area contributed by atoms with E-state index in [0.29, 0.717) is 24.5 Å². The maximum absolute atomic E-state index is 11.8. The number of thiocarbonyl (C=S) groups is 1. The van der Waals surface area contributed by atoms with Crippen molar-refractivity contribution in [3.05, 3.63) is 17.8 Å². The van der Waals surface area contributed by atoms with Crippen LogP contribution in [0.5, 0.6) is 0 Å². The molecule has 0 spiro atoms. The topological polar surface area (TPSA) is 90.6 Å². The van der Waals surface area contributed by atoms with Crippen LogP contribution in [0, 0.1) is 0 Å². The first-order valence-electron chi connectivity index (χ1n) is 5.69. The molecule has 0 radical (unpaired) electrons. The zero-order chi connectivity index (χ0) is 13.8. The number of nitrogens with zero attached hydrogens (tertiary/aromatic N) is 3. The molecule has 19 heavy (non-hydrogen) atoms. The van der Waals surface area contributed by atoms with Crippen LogP contribution in [0.3, 0.4) is 0 Å². The third-order valence-corrected chi connectivity index (χ3v) is 3.06. The lowest BCUT2D eigenvalue weighted by atomic mass is 10.2. The van der Waals surface area contributed by atoms with E-state index in [9.17, 15) is 4.79 Å². The number of morpholine rings is 1. The zero-order valence-corrected chi connectivity index (χ0v) is 11.2. The second-order valence-electron chi connectivity index (χ2n) is 3.94. The number of carbonyl (C=O) groups excluding carboxylic acids is 1. The van der Waals surface area contributed by atoms with E-state index in [4.69, 9.17) is 27.4 Å². The Labute approximate surface area is 115 Å². The van der Waals surface area contributed by atoms with E-state index in [1.165, 1.54) is 13.3 Å². The van der Waals surface area contributed by atoms with Gasteiger partial charge in [-0.15, -0.1) is 5.10 Å². The highest BCUT2D eigenvalue weighted by Crippen LogP contribution is 2.21. The fourth-order valence-corrected chi connectivity index (χ4v) is 2.08. The Morgan fingerprint density at radius 3 is 3.16 bits per heavy atom. The lowest BCUT2D eigenvalue weighted by molar-refractivity contribution is -0.144. The molecule has 0 aromatic carbocycles. The van der Waals surface area contributed by atoms with Gasteiger partial charge in [-0.3, -0.25) is 0 Å². The summed E-state index contributed by atoms with van der Waals surface area (Å²) in [6.07, 6.45) is 1.51. The monoisotopic (exact) mass is 282 g/mol. The minimum absolute atomic E-state index is 0.208. The molecule has 0 saturated carbocycles. The number of methoxy groups -OCH3 is 1. The van der Waals surface area contributed by atoms with Gasteiger partial charge in [-0.1, -0.05) is 12.2 Å². The summed E-state index contributed by atoms with van der Waals surface area (Å²) in [5.41, 5.74) is 6.25. The molecule has 8 heteroatoms. The predicted octanol–water partition coefficient (Wildman–Crippen LogP) is -0.511. The van der Waals surface area contributed by atoms with E-state index in [0.717, 1.165) is 0 Å². The lowest BCUT2D eigenvalue weighted by Crippen LogP contribution is -2.51. The van der Waals surface area contributed by atoms with E-state index in [1.807, 2.05) is 0 Å². The quantitative estimate of drug-likeness (QED) is 0.585. The molecule has 0 amide bonds. The van der Waals surface area contributed by atoms with Crippen LogP contribution in [-0.2, 0) is 14.3 Å². The summed E-state index contributed by atoms with van der Waals surface area (Å²) in [4.78, 5) is 13.7. The van der Waals surface area contributed by atoms with Gasteiger partial charge in [-0.25, -0.2) is 4.79 Å². The summed E-state index contributed by atoms with van der Waals surface area (Å²) in [6, 6.07) is 1.11. The molecule has 2 rings (SSSR count). The molecule has 1 aromatic heterocycles. The number of nitrogens with two attached hydrogens (primary N) is 1. The molecule has 1 saturated heterocycles. The molecule has 1 unspecified atom stereocenters. The number of hydrogen-bond donors (Lipinski definition) is 1. The van der Waals surface area contributed by atoms with Crippen LogP contribution < -0.4 is 10.6 Å². The molecule has 2 N–H and O–H groups in total. The number of rotatable bonds is 3. The lowest BCUT2D eigenvalue weighted by Gasteiger charge is -2.34.